The third kappa shape index (κ3) is 36.8. The number of aliphatic carboxylic acids is 1. The summed E-state index contributed by atoms with van der Waals surface area (Å²) in [5, 5.41) is 8.87. The van der Waals surface area contributed by atoms with Gasteiger partial charge in [-0.15, -0.1) is 0 Å². The van der Waals surface area contributed by atoms with Crippen LogP contribution in [0.15, 0.2) is 122 Å². The number of rotatable bonds is 34. The number of phosphoric acid groups is 1. The summed E-state index contributed by atoms with van der Waals surface area (Å²) >= 11 is 0. The second-order valence-electron chi connectivity index (χ2n) is 12.4. The molecule has 0 saturated heterocycles. The van der Waals surface area contributed by atoms with Crippen molar-refractivity contribution in [2.45, 2.75) is 116 Å². The van der Waals surface area contributed by atoms with Gasteiger partial charge in [0.2, 0.25) is 0 Å². The molecular formula is C44H66NO10P. The first-order valence-electron chi connectivity index (χ1n) is 19.6. The molecule has 12 heteroatoms. The molecule has 312 valence electrons. The van der Waals surface area contributed by atoms with Crippen LogP contribution in [0, 0.1) is 0 Å². The molecule has 4 N–H and O–H groups in total. The number of carbonyl (C=O) groups is 3. The second-order valence-corrected chi connectivity index (χ2v) is 13.8. The monoisotopic (exact) mass is 799 g/mol. The number of allylic oxidation sites excluding steroid dienone is 20. The van der Waals surface area contributed by atoms with E-state index in [2.05, 4.69) is 79.1 Å². The first-order chi connectivity index (χ1) is 27.1. The van der Waals surface area contributed by atoms with E-state index in [0.29, 0.717) is 12.8 Å². The van der Waals surface area contributed by atoms with E-state index in [-0.39, 0.29) is 12.8 Å². The van der Waals surface area contributed by atoms with Crippen molar-refractivity contribution in [2.24, 2.45) is 5.73 Å². The van der Waals surface area contributed by atoms with Gasteiger partial charge >= 0.3 is 25.7 Å². The largest absolute Gasteiger partial charge is 0.480 e. The van der Waals surface area contributed by atoms with Crippen LogP contribution < -0.4 is 5.73 Å². The van der Waals surface area contributed by atoms with Crippen LogP contribution in [-0.4, -0.2) is 59.9 Å². The van der Waals surface area contributed by atoms with Crippen molar-refractivity contribution < 1.29 is 47.5 Å². The molecular weight excluding hydrogens is 733 g/mol. The number of phosphoric ester groups is 1. The quantitative estimate of drug-likeness (QED) is 0.0186. The Morgan fingerprint density at radius 3 is 1.62 bits per heavy atom. The van der Waals surface area contributed by atoms with Crippen LogP contribution in [0.3, 0.4) is 0 Å². The minimum absolute atomic E-state index is 0.0790. The Bertz CT molecular complexity index is 1400. The summed E-state index contributed by atoms with van der Waals surface area (Å²) in [6, 6.07) is -1.54. The maximum atomic E-state index is 12.6. The number of hydrogen-bond acceptors (Lipinski definition) is 9. The fourth-order valence-electron chi connectivity index (χ4n) is 4.27. The van der Waals surface area contributed by atoms with Gasteiger partial charge in [0, 0.05) is 12.8 Å². The van der Waals surface area contributed by atoms with Crippen molar-refractivity contribution in [1.82, 2.24) is 0 Å². The summed E-state index contributed by atoms with van der Waals surface area (Å²) in [6.45, 7) is 2.38. The minimum atomic E-state index is -4.75. The Kier molecular flexibility index (Phi) is 35.0. The molecule has 0 heterocycles. The van der Waals surface area contributed by atoms with Crippen molar-refractivity contribution >= 4 is 25.7 Å². The lowest BCUT2D eigenvalue weighted by atomic mass is 10.1. The number of nitrogens with two attached hydrogens (primary N) is 1. The van der Waals surface area contributed by atoms with Gasteiger partial charge in [0.1, 0.15) is 12.6 Å². The molecule has 0 rings (SSSR count). The van der Waals surface area contributed by atoms with Gasteiger partial charge in [0.05, 0.1) is 13.2 Å². The number of hydrogen-bond donors (Lipinski definition) is 3. The van der Waals surface area contributed by atoms with Crippen LogP contribution in [0.5, 0.6) is 0 Å². The fraction of sp³-hybridized carbons (Fsp3) is 0.477. The van der Waals surface area contributed by atoms with Gasteiger partial charge in [0.25, 0.3) is 0 Å². The fourth-order valence-corrected chi connectivity index (χ4v) is 5.05. The van der Waals surface area contributed by atoms with Crippen LogP contribution in [0.1, 0.15) is 104 Å². The molecule has 0 aliphatic heterocycles. The Balaban J connectivity index is 4.62. The molecule has 0 amide bonds. The molecule has 0 aliphatic carbocycles. The highest BCUT2D eigenvalue weighted by atomic mass is 31.2. The maximum Gasteiger partial charge on any atom is 0.472 e. The third-order valence-electron chi connectivity index (χ3n) is 7.31. The molecule has 0 saturated carbocycles. The Hall–Kier alpha value is -4.12. The summed E-state index contributed by atoms with van der Waals surface area (Å²) in [4.78, 5) is 45.8. The van der Waals surface area contributed by atoms with E-state index in [0.717, 1.165) is 64.2 Å². The van der Waals surface area contributed by atoms with Gasteiger partial charge < -0.3 is 25.2 Å². The standard InChI is InChI=1S/C44H66NO10P/c1-3-5-7-9-11-13-15-17-18-19-20-21-22-24-25-27-29-31-33-35-42(46)52-37-40(38-53-56(50,51)54-39-41(45)44(48)49)55-43(47)36-34-32-30-28-26-23-16-14-12-10-8-6-4-2/h5-8,10-14,16-18,20-21,23-26,29,31,40-41H,3-4,9,15,19,22,27-28,30,32-39,45H2,1-2H3,(H,48,49)(H,50,51)/b7-5+,8-6+,12-10+,13-11+,16-14+,18-17+,21-20+,25-24+,26-23+,31-29+/t40?,41-/m1/s1. The van der Waals surface area contributed by atoms with E-state index in [1.807, 2.05) is 60.8 Å². The zero-order valence-corrected chi connectivity index (χ0v) is 34.3. The van der Waals surface area contributed by atoms with E-state index in [1.165, 1.54) is 0 Å². The van der Waals surface area contributed by atoms with E-state index in [4.69, 9.17) is 24.8 Å². The molecule has 11 nitrogen and oxygen atoms in total. The average molecular weight is 800 g/mol. The first-order valence-corrected chi connectivity index (χ1v) is 21.1. The highest BCUT2D eigenvalue weighted by Gasteiger charge is 2.28. The topological polar surface area (TPSA) is 172 Å². The number of carboxylic acids is 1. The van der Waals surface area contributed by atoms with Crippen molar-refractivity contribution in [3.05, 3.63) is 122 Å². The van der Waals surface area contributed by atoms with Gasteiger partial charge in [-0.05, 0) is 70.6 Å². The molecule has 0 bridgehead atoms. The second kappa shape index (κ2) is 37.8. The SMILES string of the molecule is CC/C=C/C=C/C=C/C=C/CCCCCC(=O)OC(COC(=O)CC/C=C/C/C=C/C/C=C/C/C=C/C/C=C/C/C=C/CC)COP(=O)(O)OC[C@@H](N)C(=O)O. The lowest BCUT2D eigenvalue weighted by molar-refractivity contribution is -0.161. The van der Waals surface area contributed by atoms with Crippen molar-refractivity contribution in [3.8, 4) is 0 Å². The minimum Gasteiger partial charge on any atom is -0.480 e. The lowest BCUT2D eigenvalue weighted by Crippen LogP contribution is -2.34. The molecule has 0 radical (unpaired) electrons. The summed E-state index contributed by atoms with van der Waals surface area (Å²) in [5.41, 5.74) is 5.31. The number of unbranched alkanes of at least 4 members (excludes halogenated alkanes) is 3. The highest BCUT2D eigenvalue weighted by molar-refractivity contribution is 7.47. The molecule has 0 spiro atoms. The smallest absolute Gasteiger partial charge is 0.472 e. The van der Waals surface area contributed by atoms with Crippen LogP contribution in [0.4, 0.5) is 0 Å². The summed E-state index contributed by atoms with van der Waals surface area (Å²) in [5.74, 6) is -2.56. The molecule has 0 aromatic carbocycles. The highest BCUT2D eigenvalue weighted by Crippen LogP contribution is 2.43. The predicted molar refractivity (Wildman–Crippen MR) is 226 cm³/mol. The first kappa shape index (κ1) is 51.9. The van der Waals surface area contributed by atoms with Crippen molar-refractivity contribution in [3.63, 3.8) is 0 Å². The number of esters is 2. The Morgan fingerprint density at radius 2 is 1.07 bits per heavy atom. The lowest BCUT2D eigenvalue weighted by Gasteiger charge is -2.20. The van der Waals surface area contributed by atoms with Crippen LogP contribution in [0.25, 0.3) is 0 Å². The molecule has 0 aliphatic rings. The van der Waals surface area contributed by atoms with Gasteiger partial charge in [0.15, 0.2) is 6.10 Å². The zero-order chi connectivity index (χ0) is 41.4. The van der Waals surface area contributed by atoms with E-state index in [9.17, 15) is 23.8 Å². The summed E-state index contributed by atoms with van der Waals surface area (Å²) in [6.07, 6.45) is 50.1. The van der Waals surface area contributed by atoms with E-state index >= 15 is 0 Å². The third-order valence-corrected chi connectivity index (χ3v) is 8.26. The molecule has 0 aromatic rings. The molecule has 0 fully saturated rings. The van der Waals surface area contributed by atoms with Crippen molar-refractivity contribution in [1.29, 1.82) is 0 Å². The van der Waals surface area contributed by atoms with Gasteiger partial charge in [-0.25, -0.2) is 4.57 Å². The van der Waals surface area contributed by atoms with Gasteiger partial charge in [-0.3, -0.25) is 23.4 Å². The molecule has 0 aromatic heterocycles. The zero-order valence-electron chi connectivity index (χ0n) is 33.4. The van der Waals surface area contributed by atoms with Crippen LogP contribution >= 0.6 is 7.82 Å². The predicted octanol–water partition coefficient (Wildman–Crippen LogP) is 10.1. The number of carboxylic acid groups (broad SMARTS) is 1. The Labute approximate surface area is 335 Å². The van der Waals surface area contributed by atoms with Gasteiger partial charge in [-0.2, -0.15) is 0 Å². The van der Waals surface area contributed by atoms with Gasteiger partial charge in [-0.1, -0.05) is 142 Å². The number of carbonyl (C=O) groups excluding carboxylic acids is 2. The normalized spacial score (nSPS) is 15.1. The molecule has 3 atom stereocenters. The van der Waals surface area contributed by atoms with Crippen LogP contribution in [-0.2, 0) is 37.5 Å². The van der Waals surface area contributed by atoms with Crippen molar-refractivity contribution in [2.75, 3.05) is 19.8 Å². The van der Waals surface area contributed by atoms with Crippen LogP contribution in [0.2, 0.25) is 0 Å². The number of ether oxygens (including phenoxy) is 2. The molecule has 56 heavy (non-hydrogen) atoms. The summed E-state index contributed by atoms with van der Waals surface area (Å²) < 4.78 is 32.5. The average Bonchev–Trinajstić information content (AvgIpc) is 3.17. The Morgan fingerprint density at radius 1 is 0.571 bits per heavy atom. The van der Waals surface area contributed by atoms with E-state index < -0.39 is 57.7 Å². The summed E-state index contributed by atoms with van der Waals surface area (Å²) in [7, 11) is -4.75. The molecule has 2 unspecified atom stereocenters. The van der Waals surface area contributed by atoms with E-state index in [1.54, 1.807) is 0 Å². The maximum absolute atomic E-state index is 12.6.